The normalized spacial score (nSPS) is 19.0. The molecule has 0 aromatic heterocycles. The molecule has 4 aromatic rings. The van der Waals surface area contributed by atoms with Gasteiger partial charge >= 0.3 is 233 Å². The minimum absolute atomic E-state index is 0.568. The van der Waals surface area contributed by atoms with Gasteiger partial charge in [0.15, 0.2) is 0 Å². The molecule has 0 saturated carbocycles. The van der Waals surface area contributed by atoms with Gasteiger partial charge in [0.05, 0.1) is 0 Å². The van der Waals surface area contributed by atoms with E-state index in [1.807, 2.05) is 0 Å². The van der Waals surface area contributed by atoms with E-state index in [0.717, 1.165) is 0 Å². The van der Waals surface area contributed by atoms with Crippen molar-refractivity contribution in [3.05, 3.63) is 106 Å². The molecular weight excluding hydrogens is 508 g/mol. The van der Waals surface area contributed by atoms with Crippen LogP contribution in [0, 0.1) is 0 Å². The summed E-state index contributed by atoms with van der Waals surface area (Å²) in [5.41, 5.74) is 9.71. The van der Waals surface area contributed by atoms with Gasteiger partial charge in [0.25, 0.3) is 0 Å². The summed E-state index contributed by atoms with van der Waals surface area (Å²) in [6.45, 7) is 4.68. The second kappa shape index (κ2) is 9.77. The van der Waals surface area contributed by atoms with Crippen molar-refractivity contribution in [1.82, 2.24) is 0 Å². The second-order valence-corrected chi connectivity index (χ2v) is 33.2. The predicted octanol–water partition coefficient (Wildman–Crippen LogP) is 10.3. The van der Waals surface area contributed by atoms with E-state index in [1.165, 1.54) is 71.2 Å². The van der Waals surface area contributed by atoms with Crippen LogP contribution in [0.25, 0.3) is 33.7 Å². The Morgan fingerprint density at radius 1 is 0.605 bits per heavy atom. The van der Waals surface area contributed by atoms with Crippen LogP contribution in [0.3, 0.4) is 0 Å². The quantitative estimate of drug-likeness (QED) is 0.192. The number of unbranched alkanes of at least 4 members (excludes halogenated alkanes) is 2. The van der Waals surface area contributed by atoms with Crippen LogP contribution >= 0.6 is 0 Å². The number of hydrogen-bond acceptors (Lipinski definition) is 0. The van der Waals surface area contributed by atoms with Crippen LogP contribution in [-0.2, 0) is 14.0 Å². The molecule has 0 fully saturated rings. The Kier molecular flexibility index (Phi) is 6.70. The monoisotopic (exact) mass is 550 g/mol. The van der Waals surface area contributed by atoms with Gasteiger partial charge in [-0.25, -0.2) is 0 Å². The van der Waals surface area contributed by atoms with E-state index in [-0.39, 0.29) is 0 Å². The van der Waals surface area contributed by atoms with Gasteiger partial charge in [-0.3, -0.25) is 0 Å². The predicted molar refractivity (Wildman–Crippen MR) is 169 cm³/mol. The summed E-state index contributed by atoms with van der Waals surface area (Å²) >= 11 is -3.36. The molecule has 0 aliphatic heterocycles. The van der Waals surface area contributed by atoms with E-state index in [2.05, 4.69) is 117 Å². The summed E-state index contributed by atoms with van der Waals surface area (Å²) in [6.07, 6.45) is 12.7. The van der Waals surface area contributed by atoms with E-state index < -0.39 is 14.0 Å². The van der Waals surface area contributed by atoms with Crippen LogP contribution in [0.1, 0.15) is 83.1 Å². The third-order valence-corrected chi connectivity index (χ3v) is 20.9. The second-order valence-electron chi connectivity index (χ2n) is 13.0. The van der Waals surface area contributed by atoms with Gasteiger partial charge < -0.3 is 0 Å². The van der Waals surface area contributed by atoms with Crippen molar-refractivity contribution in [2.24, 2.45) is 0 Å². The van der Waals surface area contributed by atoms with Gasteiger partial charge in [0.2, 0.25) is 0 Å². The number of fused-ring (bicyclic) bond motifs is 6. The third kappa shape index (κ3) is 4.14. The molecule has 2 atom stereocenters. The topological polar surface area (TPSA) is 0 Å². The van der Waals surface area contributed by atoms with E-state index in [0.29, 0.717) is 8.45 Å². The van der Waals surface area contributed by atoms with Crippen molar-refractivity contribution in [1.29, 1.82) is 0 Å². The van der Waals surface area contributed by atoms with Crippen LogP contribution in [0.15, 0.2) is 83.9 Å². The zero-order valence-electron chi connectivity index (χ0n) is 23.7. The van der Waals surface area contributed by atoms with E-state index in [1.54, 1.807) is 22.3 Å². The van der Waals surface area contributed by atoms with Crippen LogP contribution in [0.4, 0.5) is 0 Å². The number of rotatable bonds is 8. The molecule has 0 nitrogen and oxygen atoms in total. The molecule has 0 saturated heterocycles. The molecular formula is C36H42SiTi. The first kappa shape index (κ1) is 26.1. The maximum atomic E-state index is 2.80. The van der Waals surface area contributed by atoms with Crippen LogP contribution < -0.4 is 0 Å². The molecule has 0 radical (unpaired) electrons. The van der Waals surface area contributed by atoms with Crippen molar-refractivity contribution in [2.45, 2.75) is 71.3 Å². The van der Waals surface area contributed by atoms with Gasteiger partial charge in [-0.2, -0.15) is 0 Å². The molecule has 0 heterocycles. The Morgan fingerprint density at radius 2 is 1.03 bits per heavy atom. The number of benzene rings is 4. The molecule has 2 aliphatic rings. The minimum atomic E-state index is -3.36. The Balaban J connectivity index is 1.62. The Hall–Kier alpha value is -2.19. The standard InChI is InChI=1S/2C17H17.2CH3.H2Si.Ti/c2*1-2-3-6-13-11-15-10-9-14-7-4-5-8-16(14)17(15)12-13;;;;/h2*4-5,7-12H,2-3,6H2,1H3;2*1H3;1H2;. The van der Waals surface area contributed by atoms with E-state index in [4.69, 9.17) is 0 Å². The number of hydrogen-bond donors (Lipinski definition) is 0. The molecule has 2 heteroatoms. The Morgan fingerprint density at radius 3 is 1.45 bits per heavy atom. The molecule has 0 amide bonds. The summed E-state index contributed by atoms with van der Waals surface area (Å²) in [5, 5.41) is 11.4. The summed E-state index contributed by atoms with van der Waals surface area (Å²) in [4.78, 5) is 0. The van der Waals surface area contributed by atoms with Crippen molar-refractivity contribution < 1.29 is 14.0 Å². The maximum absolute atomic E-state index is 3.36. The Labute approximate surface area is 231 Å². The molecule has 38 heavy (non-hydrogen) atoms. The Bertz CT molecular complexity index is 1560. The zero-order valence-corrected chi connectivity index (χ0v) is 26.7. The summed E-state index contributed by atoms with van der Waals surface area (Å²) in [5.74, 6) is 0. The summed E-state index contributed by atoms with van der Waals surface area (Å²) < 4.78 is 1.14. The van der Waals surface area contributed by atoms with Gasteiger partial charge in [-0.1, -0.05) is 0 Å². The van der Waals surface area contributed by atoms with Crippen molar-refractivity contribution in [3.8, 4) is 0 Å². The first-order valence-corrected chi connectivity index (χ1v) is 23.8. The summed E-state index contributed by atoms with van der Waals surface area (Å²) in [6, 6.07) is 27.9. The van der Waals surface area contributed by atoms with Gasteiger partial charge in [0.1, 0.15) is 0 Å². The van der Waals surface area contributed by atoms with Crippen LogP contribution in [0.2, 0.25) is 10.5 Å². The van der Waals surface area contributed by atoms with Crippen molar-refractivity contribution in [2.75, 3.05) is 0 Å². The van der Waals surface area contributed by atoms with E-state index in [9.17, 15) is 0 Å². The molecule has 2 unspecified atom stereocenters. The van der Waals surface area contributed by atoms with Crippen LogP contribution in [0.5, 0.6) is 0 Å². The SMILES string of the molecule is CCCCC1=Cc2ccc3ccccc3c2[CH]1[Ti]([CH3])([CH3])(=[SiH2])[CH]1C(CCCC)=Cc2ccc3ccccc3c21. The fourth-order valence-electron chi connectivity index (χ4n) is 7.99. The first-order chi connectivity index (χ1) is 18.3. The van der Waals surface area contributed by atoms with Crippen molar-refractivity contribution in [3.63, 3.8) is 0 Å². The van der Waals surface area contributed by atoms with Crippen molar-refractivity contribution >= 4 is 41.3 Å². The first-order valence-electron chi connectivity index (χ1n) is 14.8. The average molecular weight is 551 g/mol. The van der Waals surface area contributed by atoms with Gasteiger partial charge in [-0.15, -0.1) is 0 Å². The average Bonchev–Trinajstić information content (AvgIpc) is 3.50. The molecule has 4 aromatic carbocycles. The fourth-order valence-corrected chi connectivity index (χ4v) is 20.8. The van der Waals surface area contributed by atoms with E-state index >= 15 is 0 Å². The molecule has 0 N–H and O–H groups in total. The number of allylic oxidation sites excluding steroid dienone is 2. The van der Waals surface area contributed by atoms with Gasteiger partial charge in [0, 0.05) is 0 Å². The molecule has 0 bridgehead atoms. The zero-order chi connectivity index (χ0) is 26.5. The summed E-state index contributed by atoms with van der Waals surface area (Å²) in [7, 11) is 2.49. The third-order valence-electron chi connectivity index (χ3n) is 9.54. The molecule has 0 spiro atoms. The fraction of sp³-hybridized carbons (Fsp3) is 0.333. The van der Waals surface area contributed by atoms with Gasteiger partial charge in [-0.05, 0) is 0 Å². The molecule has 194 valence electrons. The van der Waals surface area contributed by atoms with Crippen LogP contribution in [-0.4, -0.2) is 7.63 Å². The molecule has 6 rings (SSSR count). The molecule has 2 aliphatic carbocycles.